The van der Waals surface area contributed by atoms with Gasteiger partial charge in [-0.25, -0.2) is 0 Å². The molecule has 92 valence electrons. The molecule has 6 heteroatoms. The lowest BCUT2D eigenvalue weighted by Gasteiger charge is -2.03. The molecular weight excluding hydrogens is 317 g/mol. The van der Waals surface area contributed by atoms with Gasteiger partial charge in [0.15, 0.2) is 5.96 Å². The van der Waals surface area contributed by atoms with E-state index in [-0.39, 0.29) is 24.0 Å². The molecule has 0 saturated heterocycles. The summed E-state index contributed by atoms with van der Waals surface area (Å²) in [4.78, 5) is 4.14. The van der Waals surface area contributed by atoms with Crippen LogP contribution in [-0.2, 0) is 13.5 Å². The average Bonchev–Trinajstić information content (AvgIpc) is 2.61. The van der Waals surface area contributed by atoms with Crippen LogP contribution < -0.4 is 11.1 Å². The zero-order valence-corrected chi connectivity index (χ0v) is 12.1. The summed E-state index contributed by atoms with van der Waals surface area (Å²) in [6, 6.07) is 0. The number of nitrogens with one attached hydrogen (secondary N) is 1. The predicted octanol–water partition coefficient (Wildman–Crippen LogP) is 0.895. The third kappa shape index (κ3) is 5.94. The van der Waals surface area contributed by atoms with Gasteiger partial charge in [0.2, 0.25) is 0 Å². The van der Waals surface area contributed by atoms with E-state index in [9.17, 15) is 0 Å². The molecule has 0 spiro atoms. The molecule has 5 nitrogen and oxygen atoms in total. The summed E-state index contributed by atoms with van der Waals surface area (Å²) in [5.41, 5.74) is 6.85. The number of hydrogen-bond acceptors (Lipinski definition) is 2. The number of guanidine groups is 1. The first kappa shape index (κ1) is 15.2. The van der Waals surface area contributed by atoms with E-state index in [1.165, 1.54) is 5.56 Å². The zero-order valence-electron chi connectivity index (χ0n) is 9.81. The maximum atomic E-state index is 5.65. The van der Waals surface area contributed by atoms with E-state index in [0.29, 0.717) is 5.96 Å². The molecule has 1 rings (SSSR count). The van der Waals surface area contributed by atoms with Gasteiger partial charge in [0.25, 0.3) is 0 Å². The molecule has 16 heavy (non-hydrogen) atoms. The van der Waals surface area contributed by atoms with Crippen LogP contribution in [0.5, 0.6) is 0 Å². The van der Waals surface area contributed by atoms with E-state index < -0.39 is 0 Å². The van der Waals surface area contributed by atoms with Crippen molar-refractivity contribution in [2.24, 2.45) is 17.8 Å². The molecule has 0 aliphatic carbocycles. The third-order valence-corrected chi connectivity index (χ3v) is 1.98. The van der Waals surface area contributed by atoms with Gasteiger partial charge in [-0.3, -0.25) is 9.67 Å². The Labute approximate surface area is 114 Å². The average molecular weight is 337 g/mol. The molecule has 0 amide bonds. The molecule has 0 bridgehead atoms. The van der Waals surface area contributed by atoms with Crippen molar-refractivity contribution in [1.82, 2.24) is 15.1 Å². The van der Waals surface area contributed by atoms with E-state index in [1.807, 2.05) is 19.4 Å². The third-order valence-electron chi connectivity index (χ3n) is 1.98. The quantitative estimate of drug-likeness (QED) is 0.476. The lowest BCUT2D eigenvalue weighted by molar-refractivity contribution is 0.766. The van der Waals surface area contributed by atoms with Gasteiger partial charge in [0.05, 0.1) is 6.20 Å². The van der Waals surface area contributed by atoms with Gasteiger partial charge < -0.3 is 11.1 Å². The molecule has 0 aliphatic rings. The first-order valence-corrected chi connectivity index (χ1v) is 5.23. The minimum atomic E-state index is 0. The van der Waals surface area contributed by atoms with Gasteiger partial charge in [-0.2, -0.15) is 5.10 Å². The van der Waals surface area contributed by atoms with Crippen LogP contribution in [0, 0.1) is 0 Å². The highest BCUT2D eigenvalue weighted by atomic mass is 127. The summed E-state index contributed by atoms with van der Waals surface area (Å²) < 4.78 is 1.80. The minimum Gasteiger partial charge on any atom is -0.370 e. The van der Waals surface area contributed by atoms with Crippen LogP contribution in [0.2, 0.25) is 0 Å². The number of aryl methyl sites for hydroxylation is 1. The molecule has 1 aromatic heterocycles. The van der Waals surface area contributed by atoms with E-state index in [1.54, 1.807) is 4.68 Å². The maximum absolute atomic E-state index is 5.65. The summed E-state index contributed by atoms with van der Waals surface area (Å²) in [5.74, 6) is 0.528. The number of halogens is 1. The Kier molecular flexibility index (Phi) is 7.96. The van der Waals surface area contributed by atoms with Gasteiger partial charge in [0.1, 0.15) is 0 Å². The van der Waals surface area contributed by atoms with Crippen molar-refractivity contribution in [2.75, 3.05) is 13.1 Å². The molecule has 0 saturated carbocycles. The van der Waals surface area contributed by atoms with Gasteiger partial charge in [-0.1, -0.05) is 6.92 Å². The van der Waals surface area contributed by atoms with Crippen molar-refractivity contribution < 1.29 is 0 Å². The lowest BCUT2D eigenvalue weighted by Crippen LogP contribution is -2.33. The summed E-state index contributed by atoms with van der Waals surface area (Å²) in [6.07, 6.45) is 5.79. The van der Waals surface area contributed by atoms with Gasteiger partial charge >= 0.3 is 0 Å². The number of nitrogens with two attached hydrogens (primary N) is 1. The fourth-order valence-electron chi connectivity index (χ4n) is 1.22. The zero-order chi connectivity index (χ0) is 11.1. The fourth-order valence-corrected chi connectivity index (χ4v) is 1.22. The first-order valence-electron chi connectivity index (χ1n) is 5.23. The summed E-state index contributed by atoms with van der Waals surface area (Å²) in [5, 5.41) is 7.16. The Balaban J connectivity index is 0.00000225. The van der Waals surface area contributed by atoms with E-state index in [2.05, 4.69) is 22.3 Å². The molecule has 0 aliphatic heterocycles. The van der Waals surface area contributed by atoms with Gasteiger partial charge in [0, 0.05) is 26.3 Å². The van der Waals surface area contributed by atoms with Crippen molar-refractivity contribution in [2.45, 2.75) is 19.8 Å². The largest absolute Gasteiger partial charge is 0.370 e. The molecule has 0 radical (unpaired) electrons. The summed E-state index contributed by atoms with van der Waals surface area (Å²) >= 11 is 0. The van der Waals surface area contributed by atoms with E-state index in [4.69, 9.17) is 5.73 Å². The Morgan fingerprint density at radius 1 is 1.62 bits per heavy atom. The topological polar surface area (TPSA) is 68.2 Å². The van der Waals surface area contributed by atoms with Crippen molar-refractivity contribution >= 4 is 29.9 Å². The number of hydrogen-bond donors (Lipinski definition) is 2. The molecule has 0 fully saturated rings. The highest BCUT2D eigenvalue weighted by molar-refractivity contribution is 14.0. The van der Waals surface area contributed by atoms with Crippen molar-refractivity contribution in [3.8, 4) is 0 Å². The highest BCUT2D eigenvalue weighted by Crippen LogP contribution is 1.95. The van der Waals surface area contributed by atoms with Crippen LogP contribution in [0.15, 0.2) is 17.4 Å². The first-order chi connectivity index (χ1) is 7.22. The van der Waals surface area contributed by atoms with Crippen LogP contribution >= 0.6 is 24.0 Å². The number of rotatable bonds is 5. The molecular formula is C10H20IN5. The van der Waals surface area contributed by atoms with Crippen LogP contribution in [0.25, 0.3) is 0 Å². The Bertz CT molecular complexity index is 321. The standard InChI is InChI=1S/C10H19N5.HI/c1-3-5-12-10(11)13-6-4-9-7-14-15(2)8-9;/h7-8H,3-6H2,1-2H3,(H3,11,12,13);1H. The van der Waals surface area contributed by atoms with Crippen molar-refractivity contribution in [3.05, 3.63) is 18.0 Å². The second-order valence-electron chi connectivity index (χ2n) is 3.47. The smallest absolute Gasteiger partial charge is 0.188 e. The molecule has 0 unspecified atom stereocenters. The summed E-state index contributed by atoms with van der Waals surface area (Å²) in [6.45, 7) is 3.66. The van der Waals surface area contributed by atoms with Crippen molar-refractivity contribution in [3.63, 3.8) is 0 Å². The van der Waals surface area contributed by atoms with E-state index in [0.717, 1.165) is 25.9 Å². The molecule has 1 aromatic rings. The molecule has 3 N–H and O–H groups in total. The number of nitrogens with zero attached hydrogens (tertiary/aromatic N) is 3. The van der Waals surface area contributed by atoms with Gasteiger partial charge in [-0.05, 0) is 18.4 Å². The predicted molar refractivity (Wildman–Crippen MR) is 77.1 cm³/mol. The lowest BCUT2D eigenvalue weighted by atomic mass is 10.2. The van der Waals surface area contributed by atoms with Crippen LogP contribution in [-0.4, -0.2) is 28.8 Å². The molecule has 0 aromatic carbocycles. The van der Waals surface area contributed by atoms with Crippen molar-refractivity contribution in [1.29, 1.82) is 0 Å². The highest BCUT2D eigenvalue weighted by Gasteiger charge is 1.96. The summed E-state index contributed by atoms with van der Waals surface area (Å²) in [7, 11) is 1.91. The Morgan fingerprint density at radius 2 is 2.38 bits per heavy atom. The van der Waals surface area contributed by atoms with Crippen LogP contribution in [0.3, 0.4) is 0 Å². The Hall–Kier alpha value is -0.790. The number of aliphatic imine (C=N–C) groups is 1. The molecule has 0 atom stereocenters. The van der Waals surface area contributed by atoms with E-state index >= 15 is 0 Å². The number of aromatic nitrogens is 2. The second-order valence-corrected chi connectivity index (χ2v) is 3.47. The van der Waals surface area contributed by atoms with Gasteiger partial charge in [-0.15, -0.1) is 24.0 Å². The monoisotopic (exact) mass is 337 g/mol. The van der Waals surface area contributed by atoms with Crippen LogP contribution in [0.1, 0.15) is 18.9 Å². The van der Waals surface area contributed by atoms with Crippen LogP contribution in [0.4, 0.5) is 0 Å². The normalized spacial score (nSPS) is 11.0. The second kappa shape index (κ2) is 8.37. The Morgan fingerprint density at radius 3 is 2.94 bits per heavy atom. The maximum Gasteiger partial charge on any atom is 0.188 e. The minimum absolute atomic E-state index is 0. The molecule has 1 heterocycles. The fraction of sp³-hybridized carbons (Fsp3) is 0.600. The SMILES string of the molecule is CCCN=C(N)NCCc1cnn(C)c1.I.